The highest BCUT2D eigenvalue weighted by molar-refractivity contribution is 6.17. The van der Waals surface area contributed by atoms with Crippen LogP contribution in [0.4, 0.5) is 0 Å². The maximum absolute atomic E-state index is 7.62. The van der Waals surface area contributed by atoms with Gasteiger partial charge in [-0.15, -0.1) is 11.6 Å². The molecule has 0 aliphatic rings. The van der Waals surface area contributed by atoms with E-state index in [4.69, 9.17) is 21.8 Å². The zero-order chi connectivity index (χ0) is 8.24. The van der Waals surface area contributed by atoms with Gasteiger partial charge in [0.1, 0.15) is 0 Å². The highest BCUT2D eigenvalue weighted by Crippen LogP contribution is 1.93. The molecule has 0 radical (unpaired) electrons. The summed E-state index contributed by atoms with van der Waals surface area (Å²) < 4.78 is 0. The van der Waals surface area contributed by atoms with Crippen molar-refractivity contribution in [2.24, 2.45) is 0 Å². The molecule has 0 atom stereocenters. The molecule has 2 N–H and O–H groups in total. The fourth-order valence-electron chi connectivity index (χ4n) is 0.344. The smallest absolute Gasteiger partial charge is 0.0662 e. The SMILES string of the molecule is CCCCCCl.OCCO. The normalized spacial score (nSPS) is 8.40. The lowest BCUT2D eigenvalue weighted by molar-refractivity contribution is 0.186. The number of aliphatic hydroxyl groups excluding tert-OH is 2. The van der Waals surface area contributed by atoms with Crippen LogP contribution in [0.25, 0.3) is 0 Å². The molecule has 10 heavy (non-hydrogen) atoms. The molecule has 0 unspecified atom stereocenters. The van der Waals surface area contributed by atoms with Gasteiger partial charge in [0.25, 0.3) is 0 Å². The lowest BCUT2D eigenvalue weighted by atomic mass is 10.3. The maximum Gasteiger partial charge on any atom is 0.0662 e. The fraction of sp³-hybridized carbons (Fsp3) is 1.00. The van der Waals surface area contributed by atoms with Crippen LogP contribution >= 0.6 is 11.6 Å². The van der Waals surface area contributed by atoms with Crippen LogP contribution in [0.3, 0.4) is 0 Å². The molecule has 0 aromatic rings. The van der Waals surface area contributed by atoms with Gasteiger partial charge < -0.3 is 10.2 Å². The minimum Gasteiger partial charge on any atom is -0.394 e. The van der Waals surface area contributed by atoms with Crippen LogP contribution in [-0.4, -0.2) is 29.3 Å². The fourth-order valence-corrected chi connectivity index (χ4v) is 0.533. The van der Waals surface area contributed by atoms with Crippen LogP contribution < -0.4 is 0 Å². The Morgan fingerprint density at radius 1 is 1.10 bits per heavy atom. The standard InChI is InChI=1S/C5H11Cl.C2H6O2/c1-2-3-4-5-6;3-1-2-4/h2-5H2,1H3;3-4H,1-2H2. The summed E-state index contributed by atoms with van der Waals surface area (Å²) in [5, 5.41) is 15.2. The second-order valence-electron chi connectivity index (χ2n) is 1.84. The van der Waals surface area contributed by atoms with Crippen molar-refractivity contribution in [3.63, 3.8) is 0 Å². The van der Waals surface area contributed by atoms with Crippen molar-refractivity contribution in [2.75, 3.05) is 19.1 Å². The second-order valence-corrected chi connectivity index (χ2v) is 2.22. The lowest BCUT2D eigenvalue weighted by Crippen LogP contribution is -1.85. The third kappa shape index (κ3) is 24.1. The molecule has 64 valence electrons. The Hall–Kier alpha value is 0.210. The van der Waals surface area contributed by atoms with Crippen molar-refractivity contribution < 1.29 is 10.2 Å². The van der Waals surface area contributed by atoms with E-state index in [2.05, 4.69) is 6.92 Å². The maximum atomic E-state index is 7.62. The van der Waals surface area contributed by atoms with Crippen LogP contribution in [-0.2, 0) is 0 Å². The summed E-state index contributed by atoms with van der Waals surface area (Å²) in [6, 6.07) is 0. The molecule has 2 nitrogen and oxygen atoms in total. The monoisotopic (exact) mass is 168 g/mol. The zero-order valence-corrected chi connectivity index (χ0v) is 7.27. The van der Waals surface area contributed by atoms with Gasteiger partial charge >= 0.3 is 0 Å². The molecule has 0 aromatic heterocycles. The van der Waals surface area contributed by atoms with Crippen molar-refractivity contribution in [1.82, 2.24) is 0 Å². The molecule has 0 aromatic carbocycles. The third-order valence-corrected chi connectivity index (χ3v) is 1.10. The summed E-state index contributed by atoms with van der Waals surface area (Å²) in [5.41, 5.74) is 0. The topological polar surface area (TPSA) is 40.5 Å². The van der Waals surface area contributed by atoms with Crippen molar-refractivity contribution in [3.8, 4) is 0 Å². The van der Waals surface area contributed by atoms with Gasteiger partial charge in [0.2, 0.25) is 0 Å². The van der Waals surface area contributed by atoms with Gasteiger partial charge in [-0.25, -0.2) is 0 Å². The van der Waals surface area contributed by atoms with E-state index >= 15 is 0 Å². The second kappa shape index (κ2) is 16.1. The predicted octanol–water partition coefficient (Wildman–Crippen LogP) is 1.39. The molecule has 3 heteroatoms. The summed E-state index contributed by atoms with van der Waals surface area (Å²) in [7, 11) is 0. The van der Waals surface area contributed by atoms with E-state index in [9.17, 15) is 0 Å². The Balaban J connectivity index is 0. The predicted molar refractivity (Wildman–Crippen MR) is 44.4 cm³/mol. The van der Waals surface area contributed by atoms with E-state index in [-0.39, 0.29) is 13.2 Å². The Morgan fingerprint density at radius 3 is 1.70 bits per heavy atom. The first-order valence-electron chi connectivity index (χ1n) is 3.61. The van der Waals surface area contributed by atoms with Gasteiger partial charge in [0.15, 0.2) is 0 Å². The number of rotatable bonds is 4. The number of unbranched alkanes of at least 4 members (excludes halogenated alkanes) is 2. The molecule has 0 bridgehead atoms. The minimum atomic E-state index is -0.125. The number of hydrogen-bond donors (Lipinski definition) is 2. The van der Waals surface area contributed by atoms with Crippen LogP contribution in [0.2, 0.25) is 0 Å². The number of alkyl halides is 1. The van der Waals surface area contributed by atoms with E-state index < -0.39 is 0 Å². The Kier molecular flexibility index (Phi) is 20.7. The van der Waals surface area contributed by atoms with E-state index in [1.165, 1.54) is 19.3 Å². The summed E-state index contributed by atoms with van der Waals surface area (Å²) in [6.45, 7) is 1.92. The highest BCUT2D eigenvalue weighted by atomic mass is 35.5. The van der Waals surface area contributed by atoms with E-state index in [0.717, 1.165) is 5.88 Å². The van der Waals surface area contributed by atoms with E-state index in [1.54, 1.807) is 0 Å². The van der Waals surface area contributed by atoms with Gasteiger partial charge in [0.05, 0.1) is 13.2 Å². The first-order chi connectivity index (χ1) is 4.83. The van der Waals surface area contributed by atoms with E-state index in [0.29, 0.717) is 0 Å². The average Bonchev–Trinajstić information content (AvgIpc) is 2.01. The first kappa shape index (κ1) is 12.8. The minimum absolute atomic E-state index is 0.125. The molecule has 0 heterocycles. The molecule has 0 saturated heterocycles. The molecule has 0 spiro atoms. The molecule has 0 saturated carbocycles. The largest absolute Gasteiger partial charge is 0.394 e. The van der Waals surface area contributed by atoms with Crippen molar-refractivity contribution in [3.05, 3.63) is 0 Å². The number of hydrogen-bond acceptors (Lipinski definition) is 2. The van der Waals surface area contributed by atoms with Gasteiger partial charge in [-0.3, -0.25) is 0 Å². The van der Waals surface area contributed by atoms with Crippen LogP contribution in [0.5, 0.6) is 0 Å². The Bertz CT molecular complexity index is 36.6. The Morgan fingerprint density at radius 2 is 1.60 bits per heavy atom. The summed E-state index contributed by atoms with van der Waals surface area (Å²) in [6.07, 6.45) is 3.73. The van der Waals surface area contributed by atoms with Gasteiger partial charge in [-0.05, 0) is 6.42 Å². The van der Waals surface area contributed by atoms with Crippen LogP contribution in [0.15, 0.2) is 0 Å². The van der Waals surface area contributed by atoms with Crippen molar-refractivity contribution in [1.29, 1.82) is 0 Å². The molecular weight excluding hydrogens is 152 g/mol. The lowest BCUT2D eigenvalue weighted by Gasteiger charge is -1.84. The number of halogens is 1. The molecule has 0 amide bonds. The molecule has 0 rings (SSSR count). The number of aliphatic hydroxyl groups is 2. The molecule has 0 fully saturated rings. The van der Waals surface area contributed by atoms with Crippen LogP contribution in [0, 0.1) is 0 Å². The van der Waals surface area contributed by atoms with E-state index in [1.807, 2.05) is 0 Å². The molecular formula is C7H17ClO2. The summed E-state index contributed by atoms with van der Waals surface area (Å²) in [4.78, 5) is 0. The zero-order valence-electron chi connectivity index (χ0n) is 6.52. The third-order valence-electron chi connectivity index (χ3n) is 0.837. The van der Waals surface area contributed by atoms with Crippen molar-refractivity contribution >= 4 is 11.6 Å². The van der Waals surface area contributed by atoms with Gasteiger partial charge in [-0.2, -0.15) is 0 Å². The molecule has 0 aliphatic carbocycles. The van der Waals surface area contributed by atoms with Crippen molar-refractivity contribution in [2.45, 2.75) is 26.2 Å². The average molecular weight is 169 g/mol. The van der Waals surface area contributed by atoms with Crippen LogP contribution in [0.1, 0.15) is 26.2 Å². The highest BCUT2D eigenvalue weighted by Gasteiger charge is 1.76. The Labute approximate surface area is 67.8 Å². The first-order valence-corrected chi connectivity index (χ1v) is 4.14. The van der Waals surface area contributed by atoms with Gasteiger partial charge in [-0.1, -0.05) is 19.8 Å². The quantitative estimate of drug-likeness (QED) is 0.492. The molecule has 0 aliphatic heterocycles. The summed E-state index contributed by atoms with van der Waals surface area (Å²) in [5.74, 6) is 0.827. The summed E-state index contributed by atoms with van der Waals surface area (Å²) >= 11 is 5.38. The van der Waals surface area contributed by atoms with Gasteiger partial charge in [0, 0.05) is 5.88 Å².